The SMILES string of the molecule is O=C(CCc1ccccn1)N1CCN(C2CCNC2)CC1. The third-order valence-electron chi connectivity index (χ3n) is 4.54. The lowest BCUT2D eigenvalue weighted by atomic mass is 10.1. The lowest BCUT2D eigenvalue weighted by Gasteiger charge is -2.37. The van der Waals surface area contributed by atoms with Gasteiger partial charge in [-0.15, -0.1) is 0 Å². The first-order chi connectivity index (χ1) is 10.3. The van der Waals surface area contributed by atoms with E-state index in [1.807, 2.05) is 23.1 Å². The number of rotatable bonds is 4. The van der Waals surface area contributed by atoms with Gasteiger partial charge in [0.1, 0.15) is 0 Å². The second kappa shape index (κ2) is 7.00. The van der Waals surface area contributed by atoms with Crippen LogP contribution in [-0.2, 0) is 11.2 Å². The molecule has 0 aromatic carbocycles. The highest BCUT2D eigenvalue weighted by atomic mass is 16.2. The summed E-state index contributed by atoms with van der Waals surface area (Å²) in [6, 6.07) is 6.54. The van der Waals surface area contributed by atoms with E-state index in [9.17, 15) is 4.79 Å². The van der Waals surface area contributed by atoms with Gasteiger partial charge in [-0.05, 0) is 31.5 Å². The molecule has 0 radical (unpaired) electrons. The molecular weight excluding hydrogens is 264 g/mol. The first kappa shape index (κ1) is 14.5. The number of carbonyl (C=O) groups is 1. The summed E-state index contributed by atoms with van der Waals surface area (Å²) >= 11 is 0. The van der Waals surface area contributed by atoms with Crippen LogP contribution in [0.25, 0.3) is 0 Å². The summed E-state index contributed by atoms with van der Waals surface area (Å²) in [7, 11) is 0. The van der Waals surface area contributed by atoms with Crippen molar-refractivity contribution in [1.29, 1.82) is 0 Å². The molecule has 0 aliphatic carbocycles. The normalized spacial score (nSPS) is 23.4. The number of carbonyl (C=O) groups excluding carboxylic acids is 1. The maximum atomic E-state index is 12.3. The number of aromatic nitrogens is 1. The maximum absolute atomic E-state index is 12.3. The van der Waals surface area contributed by atoms with Gasteiger partial charge in [-0.3, -0.25) is 14.7 Å². The van der Waals surface area contributed by atoms with E-state index in [0.29, 0.717) is 12.5 Å². The average Bonchev–Trinajstić information content (AvgIpc) is 3.08. The molecule has 2 aliphatic heterocycles. The van der Waals surface area contributed by atoms with E-state index in [4.69, 9.17) is 0 Å². The summed E-state index contributed by atoms with van der Waals surface area (Å²) in [5.41, 5.74) is 1.00. The molecule has 0 spiro atoms. The van der Waals surface area contributed by atoms with Gasteiger partial charge >= 0.3 is 0 Å². The first-order valence-corrected chi connectivity index (χ1v) is 7.95. The van der Waals surface area contributed by atoms with Gasteiger partial charge in [0, 0.05) is 57.1 Å². The highest BCUT2D eigenvalue weighted by Crippen LogP contribution is 2.13. The minimum atomic E-state index is 0.268. The molecular formula is C16H24N4O. The second-order valence-electron chi connectivity index (χ2n) is 5.88. The molecule has 1 aromatic heterocycles. The summed E-state index contributed by atoms with van der Waals surface area (Å²) in [5.74, 6) is 0.268. The predicted octanol–water partition coefficient (Wildman–Crippen LogP) is 0.520. The van der Waals surface area contributed by atoms with Gasteiger partial charge in [0.2, 0.25) is 5.91 Å². The number of hydrogen-bond acceptors (Lipinski definition) is 4. The maximum Gasteiger partial charge on any atom is 0.223 e. The third kappa shape index (κ3) is 3.80. The zero-order chi connectivity index (χ0) is 14.5. The Kier molecular flexibility index (Phi) is 4.83. The van der Waals surface area contributed by atoms with Crippen LogP contribution in [0, 0.1) is 0 Å². The van der Waals surface area contributed by atoms with Gasteiger partial charge in [0.05, 0.1) is 0 Å². The van der Waals surface area contributed by atoms with Crippen LogP contribution < -0.4 is 5.32 Å². The second-order valence-corrected chi connectivity index (χ2v) is 5.88. The molecule has 2 aliphatic rings. The lowest BCUT2D eigenvalue weighted by Crippen LogP contribution is -2.52. The molecule has 1 atom stereocenters. The quantitative estimate of drug-likeness (QED) is 0.877. The van der Waals surface area contributed by atoms with Crippen LogP contribution in [0.15, 0.2) is 24.4 Å². The van der Waals surface area contributed by atoms with Crippen LogP contribution in [0.3, 0.4) is 0 Å². The summed E-state index contributed by atoms with van der Waals surface area (Å²) in [6.45, 7) is 6.01. The summed E-state index contributed by atoms with van der Waals surface area (Å²) in [6.07, 6.45) is 4.34. The molecule has 114 valence electrons. The molecule has 0 bridgehead atoms. The van der Waals surface area contributed by atoms with Crippen LogP contribution in [0.4, 0.5) is 0 Å². The molecule has 2 saturated heterocycles. The van der Waals surface area contributed by atoms with Crippen molar-refractivity contribution < 1.29 is 4.79 Å². The van der Waals surface area contributed by atoms with Crippen LogP contribution in [0.2, 0.25) is 0 Å². The molecule has 1 aromatic rings. The molecule has 1 amide bonds. The molecule has 1 N–H and O–H groups in total. The summed E-state index contributed by atoms with van der Waals surface area (Å²) < 4.78 is 0. The standard InChI is InChI=1S/C16H24N4O/c21-16(5-4-14-3-1-2-7-18-14)20-11-9-19(10-12-20)15-6-8-17-13-15/h1-3,7,15,17H,4-6,8-13H2. The van der Waals surface area contributed by atoms with E-state index >= 15 is 0 Å². The smallest absolute Gasteiger partial charge is 0.223 e. The largest absolute Gasteiger partial charge is 0.340 e. The fraction of sp³-hybridized carbons (Fsp3) is 0.625. The number of hydrogen-bond donors (Lipinski definition) is 1. The van der Waals surface area contributed by atoms with Crippen LogP contribution in [0.5, 0.6) is 0 Å². The zero-order valence-corrected chi connectivity index (χ0v) is 12.5. The van der Waals surface area contributed by atoms with Crippen molar-refractivity contribution in [1.82, 2.24) is 20.1 Å². The Morgan fingerprint density at radius 3 is 2.81 bits per heavy atom. The van der Waals surface area contributed by atoms with Gasteiger partial charge in [-0.25, -0.2) is 0 Å². The molecule has 3 heterocycles. The minimum absolute atomic E-state index is 0.268. The Morgan fingerprint density at radius 2 is 2.14 bits per heavy atom. The van der Waals surface area contributed by atoms with Crippen molar-refractivity contribution in [2.24, 2.45) is 0 Å². The molecule has 3 rings (SSSR count). The molecule has 21 heavy (non-hydrogen) atoms. The fourth-order valence-electron chi connectivity index (χ4n) is 3.23. The van der Waals surface area contributed by atoms with Crippen molar-refractivity contribution in [3.05, 3.63) is 30.1 Å². The molecule has 0 saturated carbocycles. The first-order valence-electron chi connectivity index (χ1n) is 7.95. The van der Waals surface area contributed by atoms with Crippen LogP contribution in [-0.4, -0.2) is 66.0 Å². The van der Waals surface area contributed by atoms with Gasteiger partial charge in [0.15, 0.2) is 0 Å². The topological polar surface area (TPSA) is 48.5 Å². The highest BCUT2D eigenvalue weighted by Gasteiger charge is 2.27. The third-order valence-corrected chi connectivity index (χ3v) is 4.54. The van der Waals surface area contributed by atoms with E-state index in [-0.39, 0.29) is 5.91 Å². The van der Waals surface area contributed by atoms with Crippen LogP contribution >= 0.6 is 0 Å². The van der Waals surface area contributed by atoms with Crippen molar-refractivity contribution in [3.8, 4) is 0 Å². The Balaban J connectivity index is 1.42. The summed E-state index contributed by atoms with van der Waals surface area (Å²) in [5, 5.41) is 3.41. The number of piperazine rings is 1. The lowest BCUT2D eigenvalue weighted by molar-refractivity contribution is -0.133. The Morgan fingerprint density at radius 1 is 1.29 bits per heavy atom. The number of nitrogens with zero attached hydrogens (tertiary/aromatic N) is 3. The Bertz CT molecular complexity index is 451. The van der Waals surface area contributed by atoms with E-state index in [2.05, 4.69) is 15.2 Å². The van der Waals surface area contributed by atoms with Crippen LogP contribution in [0.1, 0.15) is 18.5 Å². The zero-order valence-electron chi connectivity index (χ0n) is 12.5. The average molecular weight is 288 g/mol. The monoisotopic (exact) mass is 288 g/mol. The van der Waals surface area contributed by atoms with Crippen molar-refractivity contribution in [2.45, 2.75) is 25.3 Å². The van der Waals surface area contributed by atoms with Gasteiger partial charge in [-0.1, -0.05) is 6.07 Å². The Hall–Kier alpha value is -1.46. The summed E-state index contributed by atoms with van der Waals surface area (Å²) in [4.78, 5) is 21.1. The van der Waals surface area contributed by atoms with Gasteiger partial charge in [-0.2, -0.15) is 0 Å². The molecule has 1 unspecified atom stereocenters. The van der Waals surface area contributed by atoms with E-state index in [1.165, 1.54) is 6.42 Å². The number of amides is 1. The van der Waals surface area contributed by atoms with E-state index < -0.39 is 0 Å². The molecule has 2 fully saturated rings. The fourth-order valence-corrected chi connectivity index (χ4v) is 3.23. The Labute approximate surface area is 126 Å². The van der Waals surface area contributed by atoms with Crippen molar-refractivity contribution in [3.63, 3.8) is 0 Å². The van der Waals surface area contributed by atoms with E-state index in [1.54, 1.807) is 6.20 Å². The van der Waals surface area contributed by atoms with Crippen molar-refractivity contribution in [2.75, 3.05) is 39.3 Å². The molecule has 5 nitrogen and oxygen atoms in total. The molecule has 5 heteroatoms. The number of nitrogens with one attached hydrogen (secondary N) is 1. The van der Waals surface area contributed by atoms with Gasteiger partial charge < -0.3 is 10.2 Å². The minimum Gasteiger partial charge on any atom is -0.340 e. The van der Waals surface area contributed by atoms with Crippen molar-refractivity contribution >= 4 is 5.91 Å². The highest BCUT2D eigenvalue weighted by molar-refractivity contribution is 5.76. The number of pyridine rings is 1. The predicted molar refractivity (Wildman–Crippen MR) is 82.0 cm³/mol. The number of aryl methyl sites for hydroxylation is 1. The van der Waals surface area contributed by atoms with E-state index in [0.717, 1.165) is 51.4 Å². The van der Waals surface area contributed by atoms with Gasteiger partial charge in [0.25, 0.3) is 0 Å².